The molecule has 2 aromatic rings. The van der Waals surface area contributed by atoms with Gasteiger partial charge in [0.05, 0.1) is 11.2 Å². The minimum absolute atomic E-state index is 0.184. The molecule has 0 aromatic carbocycles. The van der Waals surface area contributed by atoms with E-state index in [0.717, 1.165) is 30.9 Å². The maximum absolute atomic E-state index is 12.4. The van der Waals surface area contributed by atoms with Crippen LogP contribution in [0.2, 0.25) is 0 Å². The molecular weight excluding hydrogens is 312 g/mol. The standard InChI is InChI=1S/C16H22N4O2S/c1-11(2)16-18-15(19-22-16)12-4-3-7-20(8-12)14(21)6-5-13-9-23-10-17-13/h9-12H,3-8H2,1-2H3/t12-/m1/s1. The van der Waals surface area contributed by atoms with Crippen LogP contribution in [0.15, 0.2) is 15.4 Å². The van der Waals surface area contributed by atoms with Crippen LogP contribution >= 0.6 is 11.3 Å². The van der Waals surface area contributed by atoms with Crippen molar-refractivity contribution in [2.75, 3.05) is 13.1 Å². The molecule has 1 fully saturated rings. The molecule has 23 heavy (non-hydrogen) atoms. The summed E-state index contributed by atoms with van der Waals surface area (Å²) in [4.78, 5) is 23.1. The maximum Gasteiger partial charge on any atom is 0.229 e. The second-order valence-electron chi connectivity index (χ2n) is 6.30. The summed E-state index contributed by atoms with van der Waals surface area (Å²) in [5, 5.41) is 6.11. The van der Waals surface area contributed by atoms with Crippen LogP contribution in [0, 0.1) is 0 Å². The fourth-order valence-electron chi connectivity index (χ4n) is 2.82. The van der Waals surface area contributed by atoms with Crippen molar-refractivity contribution >= 4 is 17.2 Å². The Morgan fingerprint density at radius 2 is 2.39 bits per heavy atom. The molecule has 1 aliphatic rings. The van der Waals surface area contributed by atoms with Gasteiger partial charge in [-0.3, -0.25) is 4.79 Å². The molecule has 3 heterocycles. The molecule has 0 radical (unpaired) electrons. The zero-order valence-corrected chi connectivity index (χ0v) is 14.4. The van der Waals surface area contributed by atoms with Crippen LogP contribution in [0.4, 0.5) is 0 Å². The average molecular weight is 334 g/mol. The topological polar surface area (TPSA) is 72.1 Å². The third-order valence-corrected chi connectivity index (χ3v) is 4.80. The summed E-state index contributed by atoms with van der Waals surface area (Å²) < 4.78 is 5.30. The van der Waals surface area contributed by atoms with E-state index in [1.165, 1.54) is 0 Å². The number of carbonyl (C=O) groups is 1. The van der Waals surface area contributed by atoms with Gasteiger partial charge >= 0.3 is 0 Å². The van der Waals surface area contributed by atoms with Gasteiger partial charge in [0.1, 0.15) is 0 Å². The van der Waals surface area contributed by atoms with Crippen LogP contribution in [0.5, 0.6) is 0 Å². The molecule has 0 bridgehead atoms. The van der Waals surface area contributed by atoms with Crippen molar-refractivity contribution in [1.82, 2.24) is 20.0 Å². The molecule has 0 spiro atoms. The minimum Gasteiger partial charge on any atom is -0.342 e. The summed E-state index contributed by atoms with van der Waals surface area (Å²) in [7, 11) is 0. The van der Waals surface area contributed by atoms with E-state index in [2.05, 4.69) is 15.1 Å². The maximum atomic E-state index is 12.4. The predicted molar refractivity (Wildman–Crippen MR) is 87.4 cm³/mol. The molecule has 0 N–H and O–H groups in total. The third-order valence-electron chi connectivity index (χ3n) is 4.17. The monoisotopic (exact) mass is 334 g/mol. The van der Waals surface area contributed by atoms with Crippen molar-refractivity contribution in [1.29, 1.82) is 0 Å². The van der Waals surface area contributed by atoms with Gasteiger partial charge in [0.25, 0.3) is 0 Å². The van der Waals surface area contributed by atoms with E-state index in [1.54, 1.807) is 16.8 Å². The van der Waals surface area contributed by atoms with Crippen LogP contribution < -0.4 is 0 Å². The molecule has 1 aliphatic heterocycles. The Balaban J connectivity index is 1.57. The first-order valence-electron chi connectivity index (χ1n) is 8.12. The number of aromatic nitrogens is 3. The molecule has 0 aliphatic carbocycles. The van der Waals surface area contributed by atoms with Crippen molar-refractivity contribution in [3.8, 4) is 0 Å². The fourth-order valence-corrected chi connectivity index (χ4v) is 3.41. The number of hydrogen-bond donors (Lipinski definition) is 0. The number of amides is 1. The molecule has 6 nitrogen and oxygen atoms in total. The van der Waals surface area contributed by atoms with E-state index < -0.39 is 0 Å². The van der Waals surface area contributed by atoms with Crippen LogP contribution in [-0.2, 0) is 11.2 Å². The average Bonchev–Trinajstić information content (AvgIpc) is 3.24. The van der Waals surface area contributed by atoms with Crippen molar-refractivity contribution < 1.29 is 9.32 Å². The molecule has 1 saturated heterocycles. The number of hydrogen-bond acceptors (Lipinski definition) is 6. The van der Waals surface area contributed by atoms with Gasteiger partial charge in [-0.2, -0.15) is 4.98 Å². The van der Waals surface area contributed by atoms with Gasteiger partial charge in [-0.1, -0.05) is 19.0 Å². The highest BCUT2D eigenvalue weighted by Crippen LogP contribution is 2.26. The molecule has 124 valence electrons. The molecular formula is C16H22N4O2S. The lowest BCUT2D eigenvalue weighted by atomic mass is 9.97. The number of rotatable bonds is 5. The van der Waals surface area contributed by atoms with Crippen LogP contribution in [0.1, 0.15) is 62.4 Å². The first-order valence-corrected chi connectivity index (χ1v) is 9.06. The normalized spacial score (nSPS) is 18.6. The highest BCUT2D eigenvalue weighted by molar-refractivity contribution is 7.07. The van der Waals surface area contributed by atoms with Gasteiger partial charge in [0, 0.05) is 36.7 Å². The lowest BCUT2D eigenvalue weighted by molar-refractivity contribution is -0.132. The van der Waals surface area contributed by atoms with E-state index in [4.69, 9.17) is 4.52 Å². The Morgan fingerprint density at radius 1 is 1.52 bits per heavy atom. The summed E-state index contributed by atoms with van der Waals surface area (Å²) in [5.74, 6) is 2.02. The van der Waals surface area contributed by atoms with E-state index in [-0.39, 0.29) is 17.7 Å². The first kappa shape index (κ1) is 16.1. The molecule has 0 unspecified atom stereocenters. The van der Waals surface area contributed by atoms with Gasteiger partial charge in [-0.15, -0.1) is 11.3 Å². The van der Waals surface area contributed by atoms with Gasteiger partial charge in [0.15, 0.2) is 5.82 Å². The van der Waals surface area contributed by atoms with E-state index >= 15 is 0 Å². The smallest absolute Gasteiger partial charge is 0.229 e. The van der Waals surface area contributed by atoms with Crippen molar-refractivity contribution in [2.24, 2.45) is 0 Å². The van der Waals surface area contributed by atoms with Gasteiger partial charge < -0.3 is 9.42 Å². The number of thiazole rings is 1. The number of likely N-dealkylation sites (tertiary alicyclic amines) is 1. The Bertz CT molecular complexity index is 638. The van der Waals surface area contributed by atoms with E-state index in [0.29, 0.717) is 25.3 Å². The second kappa shape index (κ2) is 7.21. The minimum atomic E-state index is 0.184. The van der Waals surface area contributed by atoms with Crippen LogP contribution in [0.25, 0.3) is 0 Å². The summed E-state index contributed by atoms with van der Waals surface area (Å²) in [6.45, 7) is 5.58. The summed E-state index contributed by atoms with van der Waals surface area (Å²) in [5.41, 5.74) is 2.80. The fraction of sp³-hybridized carbons (Fsp3) is 0.625. The van der Waals surface area contributed by atoms with Crippen molar-refractivity contribution in [3.63, 3.8) is 0 Å². The summed E-state index contributed by atoms with van der Waals surface area (Å²) in [6.07, 6.45) is 3.22. The highest BCUT2D eigenvalue weighted by atomic mass is 32.1. The molecule has 0 saturated carbocycles. The Labute approximate surface area is 139 Å². The Kier molecular flexibility index (Phi) is 5.05. The highest BCUT2D eigenvalue weighted by Gasteiger charge is 2.28. The second-order valence-corrected chi connectivity index (χ2v) is 7.02. The van der Waals surface area contributed by atoms with E-state index in [1.807, 2.05) is 24.1 Å². The zero-order valence-electron chi connectivity index (χ0n) is 13.6. The summed E-state index contributed by atoms with van der Waals surface area (Å²) >= 11 is 1.57. The Morgan fingerprint density at radius 3 is 3.09 bits per heavy atom. The van der Waals surface area contributed by atoms with Crippen LogP contribution in [-0.4, -0.2) is 39.0 Å². The molecule has 3 rings (SSSR count). The molecule has 7 heteroatoms. The van der Waals surface area contributed by atoms with Gasteiger partial charge in [-0.25, -0.2) is 4.98 Å². The lowest BCUT2D eigenvalue weighted by Gasteiger charge is -2.31. The van der Waals surface area contributed by atoms with Crippen LogP contribution in [0.3, 0.4) is 0 Å². The van der Waals surface area contributed by atoms with Gasteiger partial charge in [-0.05, 0) is 19.3 Å². The Hall–Kier alpha value is -1.76. The summed E-state index contributed by atoms with van der Waals surface area (Å²) in [6, 6.07) is 0. The zero-order chi connectivity index (χ0) is 16.2. The van der Waals surface area contributed by atoms with Crippen molar-refractivity contribution in [3.05, 3.63) is 28.3 Å². The van der Waals surface area contributed by atoms with E-state index in [9.17, 15) is 4.79 Å². The largest absolute Gasteiger partial charge is 0.342 e. The number of piperidine rings is 1. The number of nitrogens with zero attached hydrogens (tertiary/aromatic N) is 4. The molecule has 1 atom stereocenters. The predicted octanol–water partition coefficient (Wildman–Crippen LogP) is 2.99. The third kappa shape index (κ3) is 3.96. The first-order chi connectivity index (χ1) is 11.1. The molecule has 2 aromatic heterocycles. The number of aryl methyl sites for hydroxylation is 1. The SMILES string of the molecule is CC(C)c1nc([C@@H]2CCCN(C(=O)CCc3cscn3)C2)no1. The lowest BCUT2D eigenvalue weighted by Crippen LogP contribution is -2.39. The number of carbonyl (C=O) groups excluding carboxylic acids is 1. The quantitative estimate of drug-likeness (QED) is 0.840. The van der Waals surface area contributed by atoms with Crippen molar-refractivity contribution in [2.45, 2.75) is 51.4 Å². The van der Waals surface area contributed by atoms with Gasteiger partial charge in [0.2, 0.25) is 11.8 Å². The molecule has 1 amide bonds.